The van der Waals surface area contributed by atoms with E-state index >= 15 is 0 Å². The van der Waals surface area contributed by atoms with Crippen molar-refractivity contribution < 1.29 is 9.84 Å². The van der Waals surface area contributed by atoms with E-state index in [-0.39, 0.29) is 12.0 Å². The summed E-state index contributed by atoms with van der Waals surface area (Å²) in [5.41, 5.74) is 3.98. The number of nitrogens with zero attached hydrogens (tertiary/aromatic N) is 1. The van der Waals surface area contributed by atoms with Crippen LogP contribution < -0.4 is 4.74 Å². The number of hydrogen-bond donors (Lipinski definition) is 1. The van der Waals surface area contributed by atoms with Crippen molar-refractivity contribution in [2.45, 2.75) is 56.5 Å². The Kier molecular flexibility index (Phi) is 6.79. The number of aliphatic hydroxyl groups excluding tert-OH is 1. The van der Waals surface area contributed by atoms with Gasteiger partial charge >= 0.3 is 0 Å². The Morgan fingerprint density at radius 2 is 1.90 bits per heavy atom. The van der Waals surface area contributed by atoms with E-state index in [1.54, 1.807) is 7.11 Å². The second-order valence-corrected chi connectivity index (χ2v) is 8.99. The van der Waals surface area contributed by atoms with Gasteiger partial charge in [-0.25, -0.2) is 0 Å². The van der Waals surface area contributed by atoms with Crippen molar-refractivity contribution in [2.75, 3.05) is 26.7 Å². The van der Waals surface area contributed by atoms with Crippen LogP contribution in [0.5, 0.6) is 5.75 Å². The summed E-state index contributed by atoms with van der Waals surface area (Å²) in [5, 5.41) is 11.5. The number of hydrogen-bond acceptors (Lipinski definition) is 3. The van der Waals surface area contributed by atoms with Gasteiger partial charge in [-0.1, -0.05) is 35.9 Å². The lowest BCUT2D eigenvalue weighted by Gasteiger charge is -2.34. The first-order valence-electron chi connectivity index (χ1n) is 11.0. The highest BCUT2D eigenvalue weighted by atomic mass is 35.5. The zero-order valence-electron chi connectivity index (χ0n) is 17.3. The summed E-state index contributed by atoms with van der Waals surface area (Å²) in [7, 11) is 1.74. The zero-order valence-corrected chi connectivity index (χ0v) is 18.1. The molecule has 0 aromatic heterocycles. The molecule has 0 saturated carbocycles. The number of likely N-dealkylation sites (tertiary alicyclic amines) is 1. The molecular weight excluding hydrogens is 382 g/mol. The number of halogens is 1. The first-order valence-corrected chi connectivity index (χ1v) is 11.3. The molecule has 29 heavy (non-hydrogen) atoms. The molecule has 0 bridgehead atoms. The molecular formula is C25H32ClNO2. The largest absolute Gasteiger partial charge is 0.496 e. The van der Waals surface area contributed by atoms with Crippen molar-refractivity contribution in [2.24, 2.45) is 0 Å². The van der Waals surface area contributed by atoms with Crippen LogP contribution in [0.4, 0.5) is 0 Å². The standard InChI is InChI=1S/C25H32ClNO2/c1-29-25-9-3-7-21-22(24(28)11-10-23(21)25)8-4-14-27-15-12-18(13-16-27)19-5-2-6-20(26)17-19/h2-3,5-7,9,17-18,22,24,28H,4,8,10-16H2,1H3. The molecule has 4 rings (SSSR count). The van der Waals surface area contributed by atoms with Gasteiger partial charge in [0.15, 0.2) is 0 Å². The van der Waals surface area contributed by atoms with Gasteiger partial charge in [0.2, 0.25) is 0 Å². The predicted octanol–water partition coefficient (Wildman–Crippen LogP) is 5.40. The van der Waals surface area contributed by atoms with Crippen molar-refractivity contribution in [3.8, 4) is 5.75 Å². The molecule has 2 aromatic carbocycles. The fraction of sp³-hybridized carbons (Fsp3) is 0.520. The third kappa shape index (κ3) is 4.79. The Balaban J connectivity index is 1.29. The third-order valence-corrected chi connectivity index (χ3v) is 7.08. The van der Waals surface area contributed by atoms with Crippen molar-refractivity contribution in [1.82, 2.24) is 4.90 Å². The predicted molar refractivity (Wildman–Crippen MR) is 119 cm³/mol. The number of benzene rings is 2. The summed E-state index contributed by atoms with van der Waals surface area (Å²) < 4.78 is 5.55. The van der Waals surface area contributed by atoms with Gasteiger partial charge in [0.25, 0.3) is 0 Å². The van der Waals surface area contributed by atoms with Crippen molar-refractivity contribution >= 4 is 11.6 Å². The SMILES string of the molecule is COc1cccc2c1CCC(O)C2CCCN1CCC(c2cccc(Cl)c2)CC1. The second-order valence-electron chi connectivity index (χ2n) is 8.55. The minimum Gasteiger partial charge on any atom is -0.496 e. The Morgan fingerprint density at radius 3 is 2.66 bits per heavy atom. The Labute approximate surface area is 179 Å². The number of methoxy groups -OCH3 is 1. The maximum atomic E-state index is 10.6. The highest BCUT2D eigenvalue weighted by Gasteiger charge is 2.30. The first kappa shape index (κ1) is 20.7. The average molecular weight is 414 g/mol. The zero-order chi connectivity index (χ0) is 20.2. The van der Waals surface area contributed by atoms with Crippen LogP contribution in [0.15, 0.2) is 42.5 Å². The highest BCUT2D eigenvalue weighted by Crippen LogP contribution is 2.39. The molecule has 2 aliphatic rings. The lowest BCUT2D eigenvalue weighted by molar-refractivity contribution is 0.116. The number of ether oxygens (including phenoxy) is 1. The lowest BCUT2D eigenvalue weighted by Crippen LogP contribution is -2.34. The fourth-order valence-electron chi connectivity index (χ4n) is 5.22. The molecule has 1 heterocycles. The smallest absolute Gasteiger partial charge is 0.122 e. The highest BCUT2D eigenvalue weighted by molar-refractivity contribution is 6.30. The van der Waals surface area contributed by atoms with Crippen molar-refractivity contribution in [1.29, 1.82) is 0 Å². The monoisotopic (exact) mass is 413 g/mol. The van der Waals surface area contributed by atoms with E-state index in [2.05, 4.69) is 35.2 Å². The molecule has 0 radical (unpaired) electrons. The van der Waals surface area contributed by atoms with E-state index in [4.69, 9.17) is 16.3 Å². The molecule has 156 valence electrons. The van der Waals surface area contributed by atoms with Crippen LogP contribution in [0.3, 0.4) is 0 Å². The van der Waals surface area contributed by atoms with E-state index < -0.39 is 0 Å². The van der Waals surface area contributed by atoms with Crippen molar-refractivity contribution in [3.05, 3.63) is 64.2 Å². The van der Waals surface area contributed by atoms with E-state index in [0.29, 0.717) is 5.92 Å². The van der Waals surface area contributed by atoms with Gasteiger partial charge in [-0.3, -0.25) is 0 Å². The van der Waals surface area contributed by atoms with Gasteiger partial charge < -0.3 is 14.7 Å². The third-order valence-electron chi connectivity index (χ3n) is 6.84. The summed E-state index contributed by atoms with van der Waals surface area (Å²) in [6.07, 6.45) is 6.08. The molecule has 1 N–H and O–H groups in total. The van der Waals surface area contributed by atoms with Gasteiger partial charge in [-0.2, -0.15) is 0 Å². The molecule has 3 nitrogen and oxygen atoms in total. The first-order chi connectivity index (χ1) is 14.2. The van der Waals surface area contributed by atoms with Crippen LogP contribution in [0, 0.1) is 0 Å². The fourth-order valence-corrected chi connectivity index (χ4v) is 5.42. The van der Waals surface area contributed by atoms with E-state index in [1.165, 1.54) is 29.5 Å². The second kappa shape index (κ2) is 9.51. The van der Waals surface area contributed by atoms with E-state index in [1.807, 2.05) is 12.1 Å². The molecule has 1 fully saturated rings. The Morgan fingerprint density at radius 1 is 1.10 bits per heavy atom. The molecule has 0 amide bonds. The van der Waals surface area contributed by atoms with Gasteiger partial charge in [0, 0.05) is 10.9 Å². The topological polar surface area (TPSA) is 32.7 Å². The average Bonchev–Trinajstić information content (AvgIpc) is 2.75. The molecule has 1 aliphatic carbocycles. The summed E-state index contributed by atoms with van der Waals surface area (Å²) in [6.45, 7) is 3.41. The van der Waals surface area contributed by atoms with Crippen LogP contribution in [0.25, 0.3) is 0 Å². The Hall–Kier alpha value is -1.55. The van der Waals surface area contributed by atoms with Crippen LogP contribution in [0.2, 0.25) is 5.02 Å². The molecule has 1 aliphatic heterocycles. The summed E-state index contributed by atoms with van der Waals surface area (Å²) in [4.78, 5) is 2.59. The molecule has 0 spiro atoms. The van der Waals surface area contributed by atoms with Crippen molar-refractivity contribution in [3.63, 3.8) is 0 Å². The summed E-state index contributed by atoms with van der Waals surface area (Å²) in [5.74, 6) is 1.84. The Bertz CT molecular complexity index is 816. The van der Waals surface area contributed by atoms with Crippen LogP contribution in [-0.4, -0.2) is 42.9 Å². The lowest BCUT2D eigenvalue weighted by atomic mass is 9.78. The molecule has 2 atom stereocenters. The number of fused-ring (bicyclic) bond motifs is 1. The molecule has 2 aromatic rings. The van der Waals surface area contributed by atoms with E-state index in [9.17, 15) is 5.11 Å². The number of piperidine rings is 1. The summed E-state index contributed by atoms with van der Waals surface area (Å²) in [6, 6.07) is 14.6. The number of aliphatic hydroxyl groups is 1. The minimum absolute atomic E-state index is 0.233. The molecule has 1 saturated heterocycles. The molecule has 2 unspecified atom stereocenters. The van der Waals surface area contributed by atoms with Gasteiger partial charge in [0.1, 0.15) is 5.75 Å². The minimum atomic E-state index is -0.233. The van der Waals surface area contributed by atoms with Crippen LogP contribution >= 0.6 is 11.6 Å². The summed E-state index contributed by atoms with van der Waals surface area (Å²) >= 11 is 6.16. The maximum absolute atomic E-state index is 10.6. The number of rotatable bonds is 6. The van der Waals surface area contributed by atoms with Crippen LogP contribution in [-0.2, 0) is 6.42 Å². The van der Waals surface area contributed by atoms with Gasteiger partial charge in [-0.05, 0) is 99.0 Å². The van der Waals surface area contributed by atoms with E-state index in [0.717, 1.165) is 56.1 Å². The quantitative estimate of drug-likeness (QED) is 0.688. The molecule has 4 heteroatoms. The normalized spacial score (nSPS) is 23.0. The van der Waals surface area contributed by atoms with Gasteiger partial charge in [-0.15, -0.1) is 0 Å². The van der Waals surface area contributed by atoms with Crippen LogP contribution in [0.1, 0.15) is 60.6 Å². The maximum Gasteiger partial charge on any atom is 0.122 e. The van der Waals surface area contributed by atoms with Gasteiger partial charge in [0.05, 0.1) is 13.2 Å².